The molecule has 0 bridgehead atoms. The zero-order valence-corrected chi connectivity index (χ0v) is 36.7. The van der Waals surface area contributed by atoms with Gasteiger partial charge in [0.25, 0.3) is 0 Å². The van der Waals surface area contributed by atoms with Crippen molar-refractivity contribution in [3.8, 4) is 0 Å². The van der Waals surface area contributed by atoms with E-state index in [1.54, 1.807) is 0 Å². The lowest BCUT2D eigenvalue weighted by molar-refractivity contribution is -0.220. The monoisotopic (exact) mass is 867 g/mol. The minimum absolute atomic E-state index is 0.0557. The number of rotatable bonds is 36. The van der Waals surface area contributed by atoms with Gasteiger partial charge in [-0.25, -0.2) is 4.57 Å². The molecule has 59 heavy (non-hydrogen) atoms. The molecule has 0 spiro atoms. The summed E-state index contributed by atoms with van der Waals surface area (Å²) < 4.78 is 33.4. The summed E-state index contributed by atoms with van der Waals surface area (Å²) in [5.41, 5.74) is 0. The maximum Gasteiger partial charge on any atom is 0.472 e. The fraction of sp³-hybridized carbons (Fsp3) is 0.860. The van der Waals surface area contributed by atoms with Crippen molar-refractivity contribution >= 4 is 19.8 Å². The van der Waals surface area contributed by atoms with Crippen LogP contribution in [0.2, 0.25) is 0 Å². The molecule has 1 aliphatic rings. The minimum atomic E-state index is -5.15. The van der Waals surface area contributed by atoms with Gasteiger partial charge in [0.2, 0.25) is 0 Å². The number of hydrogen-bond acceptors (Lipinski definition) is 14. The lowest BCUT2D eigenvalue weighted by atomic mass is 9.85. The van der Waals surface area contributed by atoms with E-state index < -0.39 is 87.9 Å². The fourth-order valence-corrected chi connectivity index (χ4v) is 7.63. The van der Waals surface area contributed by atoms with Gasteiger partial charge in [0, 0.05) is 12.8 Å². The van der Waals surface area contributed by atoms with Gasteiger partial charge in [-0.3, -0.25) is 18.6 Å². The second kappa shape index (κ2) is 33.8. The van der Waals surface area contributed by atoms with Gasteiger partial charge >= 0.3 is 19.8 Å². The molecule has 0 aromatic carbocycles. The molecule has 0 radical (unpaired) electrons. The summed E-state index contributed by atoms with van der Waals surface area (Å²) in [6.45, 7) is 3.07. The maximum absolute atomic E-state index is 12.8. The van der Waals surface area contributed by atoms with Crippen LogP contribution in [0.15, 0.2) is 24.3 Å². The van der Waals surface area contributed by atoms with Gasteiger partial charge in [0.05, 0.1) is 18.8 Å². The number of carbonyl (C=O) groups excluding carboxylic acids is 2. The molecule has 0 saturated heterocycles. The molecule has 1 saturated carbocycles. The third-order valence-electron chi connectivity index (χ3n) is 10.5. The molecular weight excluding hydrogens is 787 g/mol. The molecule has 1 rings (SSSR count). The van der Waals surface area contributed by atoms with Gasteiger partial charge in [-0.1, -0.05) is 115 Å². The van der Waals surface area contributed by atoms with E-state index in [1.807, 2.05) is 12.2 Å². The van der Waals surface area contributed by atoms with Crippen LogP contribution in [0, 0.1) is 0 Å². The van der Waals surface area contributed by atoms with Crippen LogP contribution in [0.25, 0.3) is 0 Å². The van der Waals surface area contributed by atoms with E-state index in [0.717, 1.165) is 83.5 Å². The highest BCUT2D eigenvalue weighted by molar-refractivity contribution is 7.47. The number of ether oxygens (including phenoxy) is 2. The van der Waals surface area contributed by atoms with Gasteiger partial charge in [-0.2, -0.15) is 0 Å². The van der Waals surface area contributed by atoms with E-state index in [2.05, 4.69) is 26.0 Å². The standard InChI is InChI=1S/C43H79O15P/c1-3-5-7-9-11-12-13-14-15-16-17-21-26-30-37(47)57-33(32-56-59(53,54)58-43-41(51)39(49)38(48)40(50)42(43)52)31-55-36(46)29-25-22-18-20-24-28-35(45)34(44)27-23-19-10-8-6-4-2/h12-13,19,23,33-35,38-45,48-52H,3-11,14-18,20-22,24-32H2,1-2H3,(H,53,54)/b13-12-,23-19-/t33-,34-,35-,38?,39-,40+,41-,42-,43?/m1/s1. The molecule has 8 N–H and O–H groups in total. The molecule has 0 aromatic heterocycles. The molecule has 0 heterocycles. The highest BCUT2D eigenvalue weighted by atomic mass is 31.2. The van der Waals surface area contributed by atoms with Crippen LogP contribution in [0.1, 0.15) is 168 Å². The molecule has 3 unspecified atom stereocenters. The van der Waals surface area contributed by atoms with E-state index in [-0.39, 0.29) is 12.8 Å². The minimum Gasteiger partial charge on any atom is -0.462 e. The summed E-state index contributed by atoms with van der Waals surface area (Å²) in [6.07, 6.45) is 13.9. The molecule has 346 valence electrons. The van der Waals surface area contributed by atoms with Crippen LogP contribution in [0.4, 0.5) is 0 Å². The second-order valence-corrected chi connectivity index (χ2v) is 17.3. The van der Waals surface area contributed by atoms with Crippen LogP contribution < -0.4 is 0 Å². The number of esters is 2. The zero-order chi connectivity index (χ0) is 43.9. The third kappa shape index (κ3) is 26.4. The average Bonchev–Trinajstić information content (AvgIpc) is 3.21. The van der Waals surface area contributed by atoms with E-state index >= 15 is 0 Å². The Morgan fingerprint density at radius 2 is 1.03 bits per heavy atom. The largest absolute Gasteiger partial charge is 0.472 e. The first-order valence-corrected chi connectivity index (χ1v) is 23.8. The second-order valence-electron chi connectivity index (χ2n) is 15.9. The molecule has 15 nitrogen and oxygen atoms in total. The quantitative estimate of drug-likeness (QED) is 0.0156. The summed E-state index contributed by atoms with van der Waals surface area (Å²) in [4.78, 5) is 35.6. The van der Waals surface area contributed by atoms with Crippen molar-refractivity contribution in [1.82, 2.24) is 0 Å². The van der Waals surface area contributed by atoms with Crippen LogP contribution >= 0.6 is 7.82 Å². The Balaban J connectivity index is 2.53. The van der Waals surface area contributed by atoms with Gasteiger partial charge in [-0.15, -0.1) is 0 Å². The van der Waals surface area contributed by atoms with Crippen molar-refractivity contribution < 1.29 is 73.3 Å². The van der Waals surface area contributed by atoms with Crippen molar-refractivity contribution in [2.24, 2.45) is 0 Å². The molecule has 10 atom stereocenters. The predicted octanol–water partition coefficient (Wildman–Crippen LogP) is 6.00. The van der Waals surface area contributed by atoms with E-state index in [9.17, 15) is 54.8 Å². The van der Waals surface area contributed by atoms with Crippen LogP contribution in [-0.4, -0.2) is 121 Å². The molecule has 16 heteroatoms. The third-order valence-corrected chi connectivity index (χ3v) is 11.5. The van der Waals surface area contributed by atoms with Crippen molar-refractivity contribution in [2.45, 2.75) is 223 Å². The Morgan fingerprint density at radius 1 is 0.576 bits per heavy atom. The van der Waals surface area contributed by atoms with Crippen molar-refractivity contribution in [3.63, 3.8) is 0 Å². The number of phosphoric ester groups is 1. The van der Waals surface area contributed by atoms with Crippen LogP contribution in [0.5, 0.6) is 0 Å². The molecule has 0 amide bonds. The van der Waals surface area contributed by atoms with Crippen molar-refractivity contribution in [2.75, 3.05) is 13.2 Å². The van der Waals surface area contributed by atoms with Gasteiger partial charge in [-0.05, 0) is 64.2 Å². The Kier molecular flexibility index (Phi) is 31.7. The summed E-state index contributed by atoms with van der Waals surface area (Å²) in [5.74, 6) is -1.22. The maximum atomic E-state index is 12.8. The van der Waals surface area contributed by atoms with Gasteiger partial charge in [0.15, 0.2) is 6.10 Å². The molecule has 0 aromatic rings. The molecule has 1 aliphatic carbocycles. The first kappa shape index (κ1) is 55.3. The number of carbonyl (C=O) groups is 2. The SMILES string of the molecule is CCCCC/C=C\C[C@@H](O)[C@H](O)CCCCCCCC(=O)OC[C@H](COP(=O)(O)OC1[C@H](O)[C@H](O)C(O)[C@H](O)[C@H]1O)OC(=O)CCCCCCC/C=C\CCCCCC. The van der Waals surface area contributed by atoms with Gasteiger partial charge < -0.3 is 50.1 Å². The van der Waals surface area contributed by atoms with Crippen molar-refractivity contribution in [3.05, 3.63) is 24.3 Å². The van der Waals surface area contributed by atoms with Crippen LogP contribution in [0.3, 0.4) is 0 Å². The lowest BCUT2D eigenvalue weighted by Gasteiger charge is -2.41. The lowest BCUT2D eigenvalue weighted by Crippen LogP contribution is -2.64. The Hall–Kier alpha value is -1.75. The number of unbranched alkanes of at least 4 members (excludes halogenated alkanes) is 16. The summed E-state index contributed by atoms with van der Waals surface area (Å²) in [6, 6.07) is 0. The summed E-state index contributed by atoms with van der Waals surface area (Å²) in [7, 11) is -5.15. The Labute approximate surface area is 352 Å². The summed E-state index contributed by atoms with van der Waals surface area (Å²) in [5, 5.41) is 70.5. The average molecular weight is 867 g/mol. The van der Waals surface area contributed by atoms with Gasteiger partial charge in [0.1, 0.15) is 43.2 Å². The first-order valence-electron chi connectivity index (χ1n) is 22.3. The van der Waals surface area contributed by atoms with Crippen LogP contribution in [-0.2, 0) is 32.7 Å². The highest BCUT2D eigenvalue weighted by Crippen LogP contribution is 2.47. The predicted molar refractivity (Wildman–Crippen MR) is 224 cm³/mol. The fourth-order valence-electron chi connectivity index (χ4n) is 6.66. The Morgan fingerprint density at radius 3 is 1.63 bits per heavy atom. The first-order chi connectivity index (χ1) is 28.2. The molecular formula is C43H79O15P. The van der Waals surface area contributed by atoms with E-state index in [0.29, 0.717) is 25.7 Å². The topological polar surface area (TPSA) is 250 Å². The number of hydrogen-bond donors (Lipinski definition) is 8. The Bertz CT molecular complexity index is 1170. The van der Waals surface area contributed by atoms with E-state index in [4.69, 9.17) is 18.5 Å². The molecule has 0 aliphatic heterocycles. The smallest absolute Gasteiger partial charge is 0.462 e. The van der Waals surface area contributed by atoms with E-state index in [1.165, 1.54) is 32.1 Å². The number of phosphoric acid groups is 1. The highest BCUT2D eigenvalue weighted by Gasteiger charge is 2.51. The van der Waals surface area contributed by atoms with Crippen molar-refractivity contribution in [1.29, 1.82) is 0 Å². The number of aliphatic hydroxyl groups excluding tert-OH is 7. The molecule has 1 fully saturated rings. The normalized spacial score (nSPS) is 23.6. The zero-order valence-electron chi connectivity index (χ0n) is 35.8. The number of aliphatic hydroxyl groups is 7. The number of allylic oxidation sites excluding steroid dienone is 3. The summed E-state index contributed by atoms with van der Waals surface area (Å²) >= 11 is 0.